The Hall–Kier alpha value is -1.11. The molecule has 2 rings (SSSR count). The lowest BCUT2D eigenvalue weighted by Gasteiger charge is -2.10. The van der Waals surface area contributed by atoms with Crippen molar-refractivity contribution in [2.75, 3.05) is 24.7 Å². The van der Waals surface area contributed by atoms with Crippen molar-refractivity contribution in [3.63, 3.8) is 0 Å². The van der Waals surface area contributed by atoms with Crippen LogP contribution in [0.1, 0.15) is 24.8 Å². The lowest BCUT2D eigenvalue weighted by molar-refractivity contribution is 0.127. The predicted molar refractivity (Wildman–Crippen MR) is 82.1 cm³/mol. The molecule has 0 bridgehead atoms. The molecule has 0 spiro atoms. The molecule has 1 unspecified atom stereocenters. The minimum absolute atomic E-state index is 0.111. The van der Waals surface area contributed by atoms with Gasteiger partial charge < -0.3 is 15.2 Å². The highest BCUT2D eigenvalue weighted by atomic mass is 32.2. The fourth-order valence-electron chi connectivity index (χ4n) is 2.33. The first kappa shape index (κ1) is 16.3. The van der Waals surface area contributed by atoms with E-state index in [-0.39, 0.29) is 17.6 Å². The SMILES string of the molecule is NCc1ccc(OCCCS(=O)(=O)CC2CCCO2)cc1. The number of benzene rings is 1. The van der Waals surface area contributed by atoms with Crippen molar-refractivity contribution in [3.05, 3.63) is 29.8 Å². The molecular formula is C15H23NO4S. The number of ether oxygens (including phenoxy) is 2. The van der Waals surface area contributed by atoms with E-state index in [9.17, 15) is 8.42 Å². The van der Waals surface area contributed by atoms with Gasteiger partial charge in [0.25, 0.3) is 0 Å². The average Bonchev–Trinajstić information content (AvgIpc) is 2.96. The Morgan fingerprint density at radius 1 is 1.29 bits per heavy atom. The number of hydrogen-bond donors (Lipinski definition) is 1. The van der Waals surface area contributed by atoms with Gasteiger partial charge >= 0.3 is 0 Å². The molecule has 21 heavy (non-hydrogen) atoms. The van der Waals surface area contributed by atoms with Gasteiger partial charge in [-0.2, -0.15) is 0 Å². The second-order valence-electron chi connectivity index (χ2n) is 5.30. The second-order valence-corrected chi connectivity index (χ2v) is 7.53. The lowest BCUT2D eigenvalue weighted by Crippen LogP contribution is -2.23. The van der Waals surface area contributed by atoms with Crippen LogP contribution in [0.3, 0.4) is 0 Å². The smallest absolute Gasteiger partial charge is 0.152 e. The molecular weight excluding hydrogens is 290 g/mol. The van der Waals surface area contributed by atoms with E-state index in [4.69, 9.17) is 15.2 Å². The molecule has 6 heteroatoms. The van der Waals surface area contributed by atoms with E-state index in [0.717, 1.165) is 24.2 Å². The van der Waals surface area contributed by atoms with Crippen molar-refractivity contribution >= 4 is 9.84 Å². The molecule has 0 aliphatic carbocycles. The van der Waals surface area contributed by atoms with Crippen molar-refractivity contribution < 1.29 is 17.9 Å². The zero-order chi connectivity index (χ0) is 15.1. The van der Waals surface area contributed by atoms with Crippen LogP contribution in [-0.4, -0.2) is 39.2 Å². The van der Waals surface area contributed by atoms with E-state index in [2.05, 4.69) is 0 Å². The number of rotatable bonds is 8. The topological polar surface area (TPSA) is 78.6 Å². The van der Waals surface area contributed by atoms with Crippen LogP contribution >= 0.6 is 0 Å². The Morgan fingerprint density at radius 3 is 2.67 bits per heavy atom. The molecule has 1 atom stereocenters. The third kappa shape index (κ3) is 5.65. The molecule has 1 saturated heterocycles. The number of sulfone groups is 1. The molecule has 118 valence electrons. The molecule has 1 aromatic rings. The van der Waals surface area contributed by atoms with Crippen LogP contribution in [0.15, 0.2) is 24.3 Å². The Kier molecular flexibility index (Phi) is 6.02. The Balaban J connectivity index is 1.68. The summed E-state index contributed by atoms with van der Waals surface area (Å²) in [6.07, 6.45) is 2.19. The van der Waals surface area contributed by atoms with E-state index in [0.29, 0.717) is 26.2 Å². The molecule has 0 saturated carbocycles. The van der Waals surface area contributed by atoms with Gasteiger partial charge in [0.05, 0.1) is 24.2 Å². The van der Waals surface area contributed by atoms with Gasteiger partial charge in [-0.3, -0.25) is 0 Å². The van der Waals surface area contributed by atoms with Crippen LogP contribution in [0.2, 0.25) is 0 Å². The summed E-state index contributed by atoms with van der Waals surface area (Å²) >= 11 is 0. The van der Waals surface area contributed by atoms with Crippen molar-refractivity contribution in [3.8, 4) is 5.75 Å². The zero-order valence-corrected chi connectivity index (χ0v) is 13.0. The van der Waals surface area contributed by atoms with Crippen LogP contribution in [0.4, 0.5) is 0 Å². The van der Waals surface area contributed by atoms with Gasteiger partial charge in [0.2, 0.25) is 0 Å². The van der Waals surface area contributed by atoms with Crippen molar-refractivity contribution in [1.82, 2.24) is 0 Å². The minimum atomic E-state index is -3.05. The van der Waals surface area contributed by atoms with Gasteiger partial charge in [0.1, 0.15) is 5.75 Å². The summed E-state index contributed by atoms with van der Waals surface area (Å²) in [6, 6.07) is 7.51. The van der Waals surface area contributed by atoms with E-state index < -0.39 is 9.84 Å². The first-order chi connectivity index (χ1) is 10.1. The maximum Gasteiger partial charge on any atom is 0.152 e. The molecule has 0 aromatic heterocycles. The summed E-state index contributed by atoms with van der Waals surface area (Å²) in [6.45, 7) is 1.58. The van der Waals surface area contributed by atoms with Gasteiger partial charge in [0, 0.05) is 13.2 Å². The van der Waals surface area contributed by atoms with Gasteiger partial charge in [0.15, 0.2) is 9.84 Å². The molecule has 1 heterocycles. The molecule has 1 aromatic carbocycles. The summed E-state index contributed by atoms with van der Waals surface area (Å²) in [7, 11) is -3.05. The van der Waals surface area contributed by atoms with Crippen LogP contribution in [0, 0.1) is 0 Å². The van der Waals surface area contributed by atoms with Crippen LogP contribution in [0.25, 0.3) is 0 Å². The van der Waals surface area contributed by atoms with Crippen molar-refractivity contribution in [2.24, 2.45) is 5.73 Å². The zero-order valence-electron chi connectivity index (χ0n) is 12.2. The minimum Gasteiger partial charge on any atom is -0.494 e. The molecule has 0 amide bonds. The highest BCUT2D eigenvalue weighted by molar-refractivity contribution is 7.91. The molecule has 2 N–H and O–H groups in total. The maximum absolute atomic E-state index is 11.9. The summed E-state index contributed by atoms with van der Waals surface area (Å²) in [5, 5.41) is 0. The second kappa shape index (κ2) is 7.77. The lowest BCUT2D eigenvalue weighted by atomic mass is 10.2. The molecule has 1 fully saturated rings. The Morgan fingerprint density at radius 2 is 2.05 bits per heavy atom. The first-order valence-corrected chi connectivity index (χ1v) is 9.15. The summed E-state index contributed by atoms with van der Waals surface area (Å²) in [5.41, 5.74) is 6.56. The molecule has 1 aliphatic rings. The van der Waals surface area contributed by atoms with Gasteiger partial charge in [-0.25, -0.2) is 8.42 Å². The third-order valence-corrected chi connectivity index (χ3v) is 5.28. The Labute approximate surface area is 126 Å². The quantitative estimate of drug-likeness (QED) is 0.736. The fraction of sp³-hybridized carbons (Fsp3) is 0.600. The fourth-order valence-corrected chi connectivity index (χ4v) is 3.89. The van der Waals surface area contributed by atoms with E-state index in [1.165, 1.54) is 0 Å². The van der Waals surface area contributed by atoms with Gasteiger partial charge in [-0.15, -0.1) is 0 Å². The van der Waals surface area contributed by atoms with Gasteiger partial charge in [-0.1, -0.05) is 12.1 Å². The predicted octanol–water partition coefficient (Wildman–Crippen LogP) is 1.51. The van der Waals surface area contributed by atoms with E-state index in [1.807, 2.05) is 24.3 Å². The van der Waals surface area contributed by atoms with Crippen LogP contribution in [0.5, 0.6) is 5.75 Å². The standard InChI is InChI=1S/C15H23NO4S/c16-11-13-4-6-14(7-5-13)19-9-2-10-21(17,18)12-15-3-1-8-20-15/h4-7,15H,1-3,8-12,16H2. The molecule has 5 nitrogen and oxygen atoms in total. The molecule has 0 radical (unpaired) electrons. The van der Waals surface area contributed by atoms with E-state index in [1.54, 1.807) is 0 Å². The summed E-state index contributed by atoms with van der Waals surface area (Å²) in [5.74, 6) is 1.02. The van der Waals surface area contributed by atoms with Gasteiger partial charge in [-0.05, 0) is 37.0 Å². The highest BCUT2D eigenvalue weighted by Gasteiger charge is 2.22. The molecule has 1 aliphatic heterocycles. The van der Waals surface area contributed by atoms with Crippen molar-refractivity contribution in [2.45, 2.75) is 31.9 Å². The number of nitrogens with two attached hydrogens (primary N) is 1. The Bertz CT molecular complexity index is 521. The monoisotopic (exact) mass is 313 g/mol. The first-order valence-electron chi connectivity index (χ1n) is 7.33. The number of hydrogen-bond acceptors (Lipinski definition) is 5. The normalized spacial score (nSPS) is 18.8. The average molecular weight is 313 g/mol. The highest BCUT2D eigenvalue weighted by Crippen LogP contribution is 2.15. The van der Waals surface area contributed by atoms with Crippen LogP contribution in [-0.2, 0) is 21.1 Å². The van der Waals surface area contributed by atoms with Crippen molar-refractivity contribution in [1.29, 1.82) is 0 Å². The maximum atomic E-state index is 11.9. The summed E-state index contributed by atoms with van der Waals surface area (Å²) in [4.78, 5) is 0. The largest absolute Gasteiger partial charge is 0.494 e. The third-order valence-electron chi connectivity index (χ3n) is 3.49. The van der Waals surface area contributed by atoms with E-state index >= 15 is 0 Å². The summed E-state index contributed by atoms with van der Waals surface area (Å²) < 4.78 is 34.8. The van der Waals surface area contributed by atoms with Crippen LogP contribution < -0.4 is 10.5 Å².